The highest BCUT2D eigenvalue weighted by Crippen LogP contribution is 2.42. The Labute approximate surface area is 73.9 Å². The van der Waals surface area contributed by atoms with Crippen molar-refractivity contribution in [2.24, 2.45) is 17.8 Å². The molecular weight excluding hydrogens is 152 g/mol. The van der Waals surface area contributed by atoms with Crippen molar-refractivity contribution < 1.29 is 9.84 Å². The molecule has 2 nitrogen and oxygen atoms in total. The predicted octanol–water partition coefficient (Wildman–Crippen LogP) is 1.78. The van der Waals surface area contributed by atoms with Gasteiger partial charge in [0.05, 0.1) is 6.10 Å². The monoisotopic (exact) mass is 170 g/mol. The fourth-order valence-electron chi connectivity index (χ4n) is 2.62. The standard InChI is InChI=1S/C10H18O2/c1-6-3-4-8-7(2)10(11)12-9(8)5-6/h6-11H,3-5H2,1-2H3/t6-,7?,8+,9-,10?/m0/s1. The van der Waals surface area contributed by atoms with Crippen molar-refractivity contribution in [3.63, 3.8) is 0 Å². The summed E-state index contributed by atoms with van der Waals surface area (Å²) in [6, 6.07) is 0. The first-order valence-corrected chi connectivity index (χ1v) is 5.02. The maximum Gasteiger partial charge on any atom is 0.157 e. The molecule has 2 rings (SSSR count). The largest absolute Gasteiger partial charge is 0.368 e. The Morgan fingerprint density at radius 3 is 2.75 bits per heavy atom. The van der Waals surface area contributed by atoms with Crippen LogP contribution >= 0.6 is 0 Å². The minimum absolute atomic E-state index is 0.346. The van der Waals surface area contributed by atoms with Gasteiger partial charge < -0.3 is 9.84 Å². The van der Waals surface area contributed by atoms with Crippen LogP contribution in [0.15, 0.2) is 0 Å². The average molecular weight is 170 g/mol. The lowest BCUT2D eigenvalue weighted by Crippen LogP contribution is -2.27. The number of fused-ring (bicyclic) bond motifs is 1. The van der Waals surface area contributed by atoms with Crippen molar-refractivity contribution in [3.8, 4) is 0 Å². The van der Waals surface area contributed by atoms with E-state index in [1.54, 1.807) is 0 Å². The molecule has 0 aromatic heterocycles. The second kappa shape index (κ2) is 3.00. The van der Waals surface area contributed by atoms with Gasteiger partial charge in [-0.2, -0.15) is 0 Å². The molecule has 2 heteroatoms. The topological polar surface area (TPSA) is 29.5 Å². The molecule has 0 bridgehead atoms. The van der Waals surface area contributed by atoms with Crippen LogP contribution in [0, 0.1) is 17.8 Å². The Morgan fingerprint density at radius 1 is 1.25 bits per heavy atom. The van der Waals surface area contributed by atoms with E-state index in [4.69, 9.17) is 4.74 Å². The van der Waals surface area contributed by atoms with E-state index in [1.807, 2.05) is 0 Å². The summed E-state index contributed by atoms with van der Waals surface area (Å²) in [5.74, 6) is 1.75. The summed E-state index contributed by atoms with van der Waals surface area (Å²) >= 11 is 0. The fraction of sp³-hybridized carbons (Fsp3) is 1.00. The van der Waals surface area contributed by atoms with Gasteiger partial charge in [0.1, 0.15) is 0 Å². The Morgan fingerprint density at radius 2 is 2.00 bits per heavy atom. The number of hydrogen-bond acceptors (Lipinski definition) is 2. The van der Waals surface area contributed by atoms with Gasteiger partial charge in [0, 0.05) is 5.92 Å². The molecule has 0 amide bonds. The van der Waals surface area contributed by atoms with Gasteiger partial charge in [-0.25, -0.2) is 0 Å². The lowest BCUT2D eigenvalue weighted by Gasteiger charge is -2.29. The van der Waals surface area contributed by atoms with Crippen molar-refractivity contribution >= 4 is 0 Å². The van der Waals surface area contributed by atoms with Gasteiger partial charge in [-0.3, -0.25) is 0 Å². The molecule has 0 aromatic carbocycles. The number of rotatable bonds is 0. The van der Waals surface area contributed by atoms with E-state index in [0.29, 0.717) is 17.9 Å². The molecule has 1 heterocycles. The van der Waals surface area contributed by atoms with E-state index in [-0.39, 0.29) is 0 Å². The third-order valence-corrected chi connectivity index (χ3v) is 3.54. The molecule has 0 aromatic rings. The summed E-state index contributed by atoms with van der Waals surface area (Å²) in [7, 11) is 0. The zero-order valence-electron chi connectivity index (χ0n) is 7.86. The Hall–Kier alpha value is -0.0800. The molecule has 2 unspecified atom stereocenters. The second-order valence-electron chi connectivity index (χ2n) is 4.51. The average Bonchev–Trinajstić information content (AvgIpc) is 2.28. The van der Waals surface area contributed by atoms with Gasteiger partial charge >= 0.3 is 0 Å². The SMILES string of the molecule is CC1C(O)O[C@H]2C[C@@H](C)CC[C@H]12. The molecular formula is C10H18O2. The molecule has 70 valence electrons. The van der Waals surface area contributed by atoms with Crippen LogP contribution in [0.3, 0.4) is 0 Å². The summed E-state index contributed by atoms with van der Waals surface area (Å²) in [6.07, 6.45) is 3.54. The van der Waals surface area contributed by atoms with Crippen LogP contribution in [0.4, 0.5) is 0 Å². The lowest BCUT2D eigenvalue weighted by molar-refractivity contribution is -0.111. The van der Waals surface area contributed by atoms with Gasteiger partial charge in [0.15, 0.2) is 6.29 Å². The molecule has 1 aliphatic heterocycles. The minimum atomic E-state index is -0.495. The van der Waals surface area contributed by atoms with Crippen LogP contribution < -0.4 is 0 Å². The molecule has 2 fully saturated rings. The van der Waals surface area contributed by atoms with Gasteiger partial charge in [-0.15, -0.1) is 0 Å². The Kier molecular flexibility index (Phi) is 2.13. The molecule has 12 heavy (non-hydrogen) atoms. The number of aliphatic hydroxyl groups is 1. The maximum atomic E-state index is 9.49. The minimum Gasteiger partial charge on any atom is -0.368 e. The van der Waals surface area contributed by atoms with Gasteiger partial charge in [-0.05, 0) is 24.7 Å². The zero-order valence-corrected chi connectivity index (χ0v) is 7.86. The number of ether oxygens (including phenoxy) is 1. The van der Waals surface area contributed by atoms with Crippen LogP contribution in [0.5, 0.6) is 0 Å². The molecule has 1 N–H and O–H groups in total. The summed E-state index contributed by atoms with van der Waals surface area (Å²) in [5.41, 5.74) is 0. The normalized spacial score (nSPS) is 53.8. The highest BCUT2D eigenvalue weighted by atomic mass is 16.6. The fourth-order valence-corrected chi connectivity index (χ4v) is 2.62. The third-order valence-electron chi connectivity index (χ3n) is 3.54. The van der Waals surface area contributed by atoms with Crippen molar-refractivity contribution in [2.45, 2.75) is 45.5 Å². The summed E-state index contributed by atoms with van der Waals surface area (Å²) in [4.78, 5) is 0. The van der Waals surface area contributed by atoms with E-state index in [2.05, 4.69) is 13.8 Å². The van der Waals surface area contributed by atoms with E-state index in [9.17, 15) is 5.11 Å². The molecule has 1 saturated carbocycles. The Bertz CT molecular complexity index is 167. The van der Waals surface area contributed by atoms with E-state index >= 15 is 0 Å². The van der Waals surface area contributed by atoms with Crippen LogP contribution in [-0.4, -0.2) is 17.5 Å². The lowest BCUT2D eigenvalue weighted by atomic mass is 9.77. The van der Waals surface area contributed by atoms with E-state index in [1.165, 1.54) is 12.8 Å². The molecule has 1 saturated heterocycles. The van der Waals surface area contributed by atoms with Gasteiger partial charge in [0.2, 0.25) is 0 Å². The van der Waals surface area contributed by atoms with Crippen molar-refractivity contribution in [2.75, 3.05) is 0 Å². The molecule has 0 radical (unpaired) electrons. The molecule has 2 aliphatic rings. The Balaban J connectivity index is 2.04. The zero-order chi connectivity index (χ0) is 8.72. The third kappa shape index (κ3) is 1.27. The summed E-state index contributed by atoms with van der Waals surface area (Å²) in [5, 5.41) is 9.49. The van der Waals surface area contributed by atoms with Gasteiger partial charge in [-0.1, -0.05) is 20.3 Å². The van der Waals surface area contributed by atoms with Crippen LogP contribution in [-0.2, 0) is 4.74 Å². The van der Waals surface area contributed by atoms with Crippen LogP contribution in [0.25, 0.3) is 0 Å². The van der Waals surface area contributed by atoms with E-state index in [0.717, 1.165) is 12.3 Å². The summed E-state index contributed by atoms with van der Waals surface area (Å²) < 4.78 is 5.50. The molecule has 5 atom stereocenters. The second-order valence-corrected chi connectivity index (χ2v) is 4.51. The highest BCUT2D eigenvalue weighted by molar-refractivity contribution is 4.88. The first-order chi connectivity index (χ1) is 5.68. The summed E-state index contributed by atoms with van der Waals surface area (Å²) in [6.45, 7) is 4.38. The number of aliphatic hydroxyl groups excluding tert-OH is 1. The van der Waals surface area contributed by atoms with Crippen LogP contribution in [0.2, 0.25) is 0 Å². The first-order valence-electron chi connectivity index (χ1n) is 5.02. The smallest absolute Gasteiger partial charge is 0.157 e. The number of hydrogen-bond donors (Lipinski definition) is 1. The maximum absolute atomic E-state index is 9.49. The van der Waals surface area contributed by atoms with Gasteiger partial charge in [0.25, 0.3) is 0 Å². The molecule has 0 spiro atoms. The quantitative estimate of drug-likeness (QED) is 0.600. The van der Waals surface area contributed by atoms with E-state index < -0.39 is 6.29 Å². The predicted molar refractivity (Wildman–Crippen MR) is 46.5 cm³/mol. The van der Waals surface area contributed by atoms with Crippen molar-refractivity contribution in [1.82, 2.24) is 0 Å². The highest BCUT2D eigenvalue weighted by Gasteiger charge is 2.43. The van der Waals surface area contributed by atoms with Crippen molar-refractivity contribution in [1.29, 1.82) is 0 Å². The van der Waals surface area contributed by atoms with Crippen LogP contribution in [0.1, 0.15) is 33.1 Å². The first kappa shape index (κ1) is 8.52. The molecule has 1 aliphatic carbocycles. The van der Waals surface area contributed by atoms with Crippen molar-refractivity contribution in [3.05, 3.63) is 0 Å².